The Labute approximate surface area is 112 Å². The molecule has 1 rings (SSSR count). The van der Waals surface area contributed by atoms with E-state index in [0.29, 0.717) is 6.04 Å². The molecule has 0 saturated carbocycles. The zero-order valence-electron chi connectivity index (χ0n) is 12.2. The molecule has 1 aromatic carbocycles. The normalized spacial score (nSPS) is 12.9. The molecule has 0 aromatic heterocycles. The molecule has 2 heteroatoms. The van der Waals surface area contributed by atoms with Gasteiger partial charge in [-0.2, -0.15) is 0 Å². The Bertz CT molecular complexity index is 295. The van der Waals surface area contributed by atoms with E-state index in [4.69, 9.17) is 0 Å². The van der Waals surface area contributed by atoms with E-state index in [2.05, 4.69) is 61.6 Å². The van der Waals surface area contributed by atoms with Gasteiger partial charge in [0, 0.05) is 6.04 Å². The minimum atomic E-state index is 0.615. The zero-order chi connectivity index (χ0) is 13.2. The number of nitrogens with one attached hydrogen (secondary N) is 1. The summed E-state index contributed by atoms with van der Waals surface area (Å²) in [6, 6.07) is 11.4. The van der Waals surface area contributed by atoms with Crippen LogP contribution in [-0.4, -0.2) is 38.1 Å². The van der Waals surface area contributed by atoms with Gasteiger partial charge in [-0.25, -0.2) is 0 Å². The standard InChI is InChI=1S/C16H28N2/c1-15(17-13-7-8-14-18(2)3)11-12-16-9-5-4-6-10-16/h4-6,9-10,15,17H,7-8,11-14H2,1-3H3. The van der Waals surface area contributed by atoms with Crippen LogP contribution in [-0.2, 0) is 6.42 Å². The van der Waals surface area contributed by atoms with Crippen LogP contribution >= 0.6 is 0 Å². The van der Waals surface area contributed by atoms with Crippen LogP contribution in [0.3, 0.4) is 0 Å². The first-order valence-electron chi connectivity index (χ1n) is 7.10. The van der Waals surface area contributed by atoms with Crippen LogP contribution in [0, 0.1) is 0 Å². The molecule has 0 saturated heterocycles. The molecule has 2 nitrogen and oxygen atoms in total. The van der Waals surface area contributed by atoms with E-state index >= 15 is 0 Å². The molecule has 0 spiro atoms. The molecule has 1 unspecified atom stereocenters. The summed E-state index contributed by atoms with van der Waals surface area (Å²) in [7, 11) is 4.27. The minimum absolute atomic E-state index is 0.615. The van der Waals surface area contributed by atoms with Crippen molar-refractivity contribution in [3.05, 3.63) is 35.9 Å². The molecule has 1 aromatic rings. The van der Waals surface area contributed by atoms with Gasteiger partial charge in [0.15, 0.2) is 0 Å². The predicted octanol–water partition coefficient (Wildman–Crippen LogP) is 2.94. The van der Waals surface area contributed by atoms with Crippen molar-refractivity contribution < 1.29 is 0 Å². The average molecular weight is 248 g/mol. The summed E-state index contributed by atoms with van der Waals surface area (Å²) in [5.41, 5.74) is 1.44. The zero-order valence-corrected chi connectivity index (χ0v) is 12.2. The molecule has 1 N–H and O–H groups in total. The fourth-order valence-corrected chi connectivity index (χ4v) is 2.03. The second kappa shape index (κ2) is 9.12. The number of benzene rings is 1. The van der Waals surface area contributed by atoms with Crippen LogP contribution in [0.5, 0.6) is 0 Å². The van der Waals surface area contributed by atoms with Crippen molar-refractivity contribution >= 4 is 0 Å². The fraction of sp³-hybridized carbons (Fsp3) is 0.625. The molecule has 1 atom stereocenters. The highest BCUT2D eigenvalue weighted by atomic mass is 15.0. The van der Waals surface area contributed by atoms with Crippen molar-refractivity contribution in [1.29, 1.82) is 0 Å². The lowest BCUT2D eigenvalue weighted by atomic mass is 10.1. The van der Waals surface area contributed by atoms with Crippen LogP contribution < -0.4 is 5.32 Å². The average Bonchev–Trinajstić information content (AvgIpc) is 2.37. The maximum atomic E-state index is 3.61. The summed E-state index contributed by atoms with van der Waals surface area (Å²) < 4.78 is 0. The maximum absolute atomic E-state index is 3.61. The van der Waals surface area contributed by atoms with E-state index in [9.17, 15) is 0 Å². The van der Waals surface area contributed by atoms with E-state index in [0.717, 1.165) is 6.54 Å². The van der Waals surface area contributed by atoms with Crippen LogP contribution in [0.15, 0.2) is 30.3 Å². The van der Waals surface area contributed by atoms with Gasteiger partial charge in [-0.1, -0.05) is 30.3 Å². The first kappa shape index (κ1) is 15.2. The Balaban J connectivity index is 2.02. The van der Waals surface area contributed by atoms with Crippen molar-refractivity contribution in [2.24, 2.45) is 0 Å². The fourth-order valence-electron chi connectivity index (χ4n) is 2.03. The largest absolute Gasteiger partial charge is 0.314 e. The van der Waals surface area contributed by atoms with Crippen molar-refractivity contribution in [2.75, 3.05) is 27.2 Å². The maximum Gasteiger partial charge on any atom is 0.00418 e. The highest BCUT2D eigenvalue weighted by Crippen LogP contribution is 2.04. The second-order valence-electron chi connectivity index (χ2n) is 5.39. The van der Waals surface area contributed by atoms with Crippen molar-refractivity contribution in [3.8, 4) is 0 Å². The number of aryl methyl sites for hydroxylation is 1. The lowest BCUT2D eigenvalue weighted by molar-refractivity contribution is 0.387. The van der Waals surface area contributed by atoms with Gasteiger partial charge >= 0.3 is 0 Å². The van der Waals surface area contributed by atoms with Gasteiger partial charge in [-0.3, -0.25) is 0 Å². The molecule has 0 aliphatic rings. The molecular formula is C16H28N2. The SMILES string of the molecule is CC(CCc1ccccc1)NCCCCN(C)C. The number of unbranched alkanes of at least 4 members (excludes halogenated alkanes) is 1. The number of hydrogen-bond acceptors (Lipinski definition) is 2. The van der Waals surface area contributed by atoms with Crippen molar-refractivity contribution in [3.63, 3.8) is 0 Å². The number of nitrogens with zero attached hydrogens (tertiary/aromatic N) is 1. The molecule has 102 valence electrons. The molecule has 0 radical (unpaired) electrons. The molecule has 0 bridgehead atoms. The van der Waals surface area contributed by atoms with Gasteiger partial charge in [0.2, 0.25) is 0 Å². The Morgan fingerprint density at radius 1 is 1.11 bits per heavy atom. The summed E-state index contributed by atoms with van der Waals surface area (Å²) in [6.07, 6.45) is 4.95. The molecular weight excluding hydrogens is 220 g/mol. The van der Waals surface area contributed by atoms with Crippen LogP contribution in [0.2, 0.25) is 0 Å². The smallest absolute Gasteiger partial charge is 0.00418 e. The summed E-state index contributed by atoms with van der Waals surface area (Å²) in [5, 5.41) is 3.61. The summed E-state index contributed by atoms with van der Waals surface area (Å²) in [6.45, 7) is 4.62. The lowest BCUT2D eigenvalue weighted by Gasteiger charge is -2.14. The van der Waals surface area contributed by atoms with E-state index in [1.165, 1.54) is 37.8 Å². The van der Waals surface area contributed by atoms with Gasteiger partial charge in [-0.15, -0.1) is 0 Å². The lowest BCUT2D eigenvalue weighted by Crippen LogP contribution is -2.28. The van der Waals surface area contributed by atoms with Gasteiger partial charge in [-0.05, 0) is 65.4 Å². The van der Waals surface area contributed by atoms with Crippen molar-refractivity contribution in [2.45, 2.75) is 38.6 Å². The summed E-state index contributed by atoms with van der Waals surface area (Å²) in [5.74, 6) is 0. The highest BCUT2D eigenvalue weighted by molar-refractivity contribution is 5.14. The third-order valence-corrected chi connectivity index (χ3v) is 3.23. The first-order chi connectivity index (χ1) is 8.68. The Kier molecular flexibility index (Phi) is 7.70. The molecule has 18 heavy (non-hydrogen) atoms. The molecule has 0 aliphatic carbocycles. The second-order valence-corrected chi connectivity index (χ2v) is 5.39. The topological polar surface area (TPSA) is 15.3 Å². The molecule has 0 aliphatic heterocycles. The van der Waals surface area contributed by atoms with E-state index in [1.807, 2.05) is 0 Å². The van der Waals surface area contributed by atoms with Gasteiger partial charge in [0.1, 0.15) is 0 Å². The number of hydrogen-bond donors (Lipinski definition) is 1. The number of rotatable bonds is 9. The highest BCUT2D eigenvalue weighted by Gasteiger charge is 2.01. The van der Waals surface area contributed by atoms with Gasteiger partial charge in [0.05, 0.1) is 0 Å². The van der Waals surface area contributed by atoms with Gasteiger partial charge in [0.25, 0.3) is 0 Å². The van der Waals surface area contributed by atoms with E-state index < -0.39 is 0 Å². The van der Waals surface area contributed by atoms with E-state index in [-0.39, 0.29) is 0 Å². The summed E-state index contributed by atoms with van der Waals surface area (Å²) >= 11 is 0. The molecule has 0 amide bonds. The van der Waals surface area contributed by atoms with Gasteiger partial charge < -0.3 is 10.2 Å². The predicted molar refractivity (Wildman–Crippen MR) is 80.0 cm³/mol. The Hall–Kier alpha value is -0.860. The minimum Gasteiger partial charge on any atom is -0.314 e. The third kappa shape index (κ3) is 7.46. The first-order valence-corrected chi connectivity index (χ1v) is 7.10. The molecule has 0 fully saturated rings. The van der Waals surface area contributed by atoms with Crippen LogP contribution in [0.4, 0.5) is 0 Å². The Morgan fingerprint density at radius 2 is 1.83 bits per heavy atom. The summed E-state index contributed by atoms with van der Waals surface area (Å²) in [4.78, 5) is 2.25. The van der Waals surface area contributed by atoms with Crippen LogP contribution in [0.25, 0.3) is 0 Å². The third-order valence-electron chi connectivity index (χ3n) is 3.23. The quantitative estimate of drug-likeness (QED) is 0.676. The Morgan fingerprint density at radius 3 is 2.50 bits per heavy atom. The van der Waals surface area contributed by atoms with E-state index in [1.54, 1.807) is 0 Å². The monoisotopic (exact) mass is 248 g/mol. The van der Waals surface area contributed by atoms with Crippen molar-refractivity contribution in [1.82, 2.24) is 10.2 Å². The molecule has 0 heterocycles. The van der Waals surface area contributed by atoms with Crippen LogP contribution in [0.1, 0.15) is 31.7 Å².